The van der Waals surface area contributed by atoms with Gasteiger partial charge in [-0.05, 0) is 17.7 Å². The Bertz CT molecular complexity index is 1450. The van der Waals surface area contributed by atoms with E-state index in [9.17, 15) is 26.7 Å². The Morgan fingerprint density at radius 1 is 1.11 bits per heavy atom. The van der Waals surface area contributed by atoms with Crippen molar-refractivity contribution in [1.82, 2.24) is 24.5 Å². The zero-order valence-corrected chi connectivity index (χ0v) is 20.3. The summed E-state index contributed by atoms with van der Waals surface area (Å²) >= 11 is 1.51. The molecule has 0 aliphatic rings. The van der Waals surface area contributed by atoms with E-state index in [1.165, 1.54) is 15.9 Å². The molecule has 0 aliphatic carbocycles. The van der Waals surface area contributed by atoms with E-state index in [2.05, 4.69) is 15.3 Å². The number of carbonyl (C=O) groups is 1. The van der Waals surface area contributed by atoms with Crippen LogP contribution in [0.1, 0.15) is 16.3 Å². The van der Waals surface area contributed by atoms with Gasteiger partial charge in [0.2, 0.25) is 0 Å². The highest BCUT2D eigenvalue weighted by molar-refractivity contribution is 7.15. The van der Waals surface area contributed by atoms with Crippen LogP contribution in [0.5, 0.6) is 0 Å². The van der Waals surface area contributed by atoms with Crippen molar-refractivity contribution < 1.29 is 31.9 Å². The normalized spacial score (nSPS) is 11.1. The Balaban J connectivity index is 0.000000505. The predicted octanol–water partition coefficient (Wildman–Crippen LogP) is 3.88. The molecule has 4 N–H and O–H groups in total. The maximum atomic E-state index is 12.9. The van der Waals surface area contributed by atoms with Crippen LogP contribution in [0.2, 0.25) is 0 Å². The summed E-state index contributed by atoms with van der Waals surface area (Å²) in [6.07, 6.45) is -3.32. The highest BCUT2D eigenvalue weighted by Crippen LogP contribution is 2.28. The lowest BCUT2D eigenvalue weighted by molar-refractivity contribution is -0.192. The average molecular weight is 557 g/mol. The second-order valence-corrected chi connectivity index (χ2v) is 8.93. The molecule has 0 saturated heterocycles. The summed E-state index contributed by atoms with van der Waals surface area (Å²) in [6.45, 7) is 0.619. The first-order valence-corrected chi connectivity index (χ1v) is 11.6. The minimum absolute atomic E-state index is 0.179. The number of alkyl halides is 3. The number of aliphatic carboxylic acids is 1. The second kappa shape index (κ2) is 12.4. The van der Waals surface area contributed by atoms with Gasteiger partial charge in [0.25, 0.3) is 6.08 Å². The van der Waals surface area contributed by atoms with Crippen molar-refractivity contribution in [3.63, 3.8) is 0 Å². The SMILES string of the molecule is NCC(Cc1n[nH]c(=O)n1Cc1ccc(-c2cnn(Cc3ccccc3)c2)s1)=C(F)F.O=C(O)C(F)(F)F. The number of carboxylic acid groups (broad SMARTS) is 1. The Morgan fingerprint density at radius 2 is 1.79 bits per heavy atom. The van der Waals surface area contributed by atoms with Crippen molar-refractivity contribution in [3.05, 3.63) is 93.3 Å². The molecule has 4 aromatic rings. The molecule has 0 fully saturated rings. The standard InChI is InChI=1S/C21H20F2N6OS.C2HF3O2/c22-20(23)15(9-24)8-19-26-27-21(30)29(19)13-17-6-7-18(31-17)16-10-25-28(12-16)11-14-4-2-1-3-5-14;3-2(4,5)1(6)7/h1-7,10,12H,8-9,11,13,24H2,(H,27,30);(H,6,7). The zero-order valence-electron chi connectivity index (χ0n) is 19.5. The van der Waals surface area contributed by atoms with Crippen LogP contribution in [0.3, 0.4) is 0 Å². The first kappa shape index (κ1) is 28.5. The summed E-state index contributed by atoms with van der Waals surface area (Å²) in [5, 5.41) is 17.8. The molecule has 0 spiro atoms. The predicted molar refractivity (Wildman–Crippen MR) is 129 cm³/mol. The van der Waals surface area contributed by atoms with Gasteiger partial charge >= 0.3 is 17.8 Å². The van der Waals surface area contributed by atoms with E-state index < -0.39 is 23.9 Å². The number of nitrogens with one attached hydrogen (secondary N) is 1. The molecule has 0 aliphatic heterocycles. The zero-order chi connectivity index (χ0) is 27.9. The number of aromatic nitrogens is 5. The van der Waals surface area contributed by atoms with E-state index in [0.29, 0.717) is 6.54 Å². The van der Waals surface area contributed by atoms with Gasteiger partial charge in [-0.3, -0.25) is 9.25 Å². The van der Waals surface area contributed by atoms with Gasteiger partial charge in [0, 0.05) is 40.1 Å². The smallest absolute Gasteiger partial charge is 0.475 e. The third-order valence-electron chi connectivity index (χ3n) is 5.05. The van der Waals surface area contributed by atoms with Gasteiger partial charge < -0.3 is 10.8 Å². The van der Waals surface area contributed by atoms with Gasteiger partial charge in [-0.25, -0.2) is 14.7 Å². The average Bonchev–Trinajstić information content (AvgIpc) is 3.60. The number of rotatable bonds is 8. The van der Waals surface area contributed by atoms with Crippen LogP contribution < -0.4 is 11.4 Å². The highest BCUT2D eigenvalue weighted by atomic mass is 32.1. The van der Waals surface area contributed by atoms with Crippen LogP contribution in [0.4, 0.5) is 22.0 Å². The summed E-state index contributed by atoms with van der Waals surface area (Å²) in [6, 6.07) is 13.9. The number of hydrogen-bond donors (Lipinski definition) is 3. The molecule has 0 radical (unpaired) electrons. The number of halogens is 5. The maximum absolute atomic E-state index is 12.9. The molecule has 1 aromatic carbocycles. The van der Waals surface area contributed by atoms with Crippen molar-refractivity contribution >= 4 is 17.3 Å². The molecule has 202 valence electrons. The van der Waals surface area contributed by atoms with Gasteiger partial charge in [0.1, 0.15) is 5.82 Å². The number of carboxylic acids is 1. The molecule has 15 heteroatoms. The Kier molecular flexibility index (Phi) is 9.30. The van der Waals surface area contributed by atoms with Crippen LogP contribution in [0, 0.1) is 0 Å². The van der Waals surface area contributed by atoms with E-state index in [1.807, 2.05) is 53.3 Å². The number of aromatic amines is 1. The number of thiophene rings is 1. The van der Waals surface area contributed by atoms with Crippen LogP contribution in [-0.4, -0.2) is 48.3 Å². The molecule has 3 aromatic heterocycles. The second-order valence-electron chi connectivity index (χ2n) is 7.76. The molecule has 0 saturated carbocycles. The van der Waals surface area contributed by atoms with E-state index in [0.717, 1.165) is 20.9 Å². The molecule has 0 amide bonds. The van der Waals surface area contributed by atoms with Crippen LogP contribution in [0.25, 0.3) is 10.4 Å². The fraction of sp³-hybridized carbons (Fsp3) is 0.217. The molecular formula is C23H21F5N6O3S. The molecular weight excluding hydrogens is 535 g/mol. The number of H-pyrrole nitrogens is 1. The highest BCUT2D eigenvalue weighted by Gasteiger charge is 2.38. The van der Waals surface area contributed by atoms with Crippen LogP contribution in [-0.2, 0) is 24.3 Å². The third-order valence-corrected chi connectivity index (χ3v) is 6.16. The summed E-state index contributed by atoms with van der Waals surface area (Å²) in [5.74, 6) is -2.53. The third kappa shape index (κ3) is 7.69. The minimum Gasteiger partial charge on any atom is -0.475 e. The fourth-order valence-corrected chi connectivity index (χ4v) is 4.15. The minimum atomic E-state index is -5.08. The van der Waals surface area contributed by atoms with Crippen molar-refractivity contribution in [2.24, 2.45) is 5.73 Å². The molecule has 4 rings (SSSR count). The van der Waals surface area contributed by atoms with E-state index in [1.54, 1.807) is 6.20 Å². The summed E-state index contributed by atoms with van der Waals surface area (Å²) < 4.78 is 60.9. The van der Waals surface area contributed by atoms with Crippen molar-refractivity contribution in [1.29, 1.82) is 0 Å². The quantitative estimate of drug-likeness (QED) is 0.282. The van der Waals surface area contributed by atoms with Crippen LogP contribution >= 0.6 is 11.3 Å². The number of nitrogens with two attached hydrogens (primary N) is 1. The van der Waals surface area contributed by atoms with E-state index in [-0.39, 0.29) is 30.9 Å². The topological polar surface area (TPSA) is 132 Å². The first-order chi connectivity index (χ1) is 18.0. The van der Waals surface area contributed by atoms with Gasteiger partial charge in [0.15, 0.2) is 0 Å². The maximum Gasteiger partial charge on any atom is 0.490 e. The summed E-state index contributed by atoms with van der Waals surface area (Å²) in [5.41, 5.74) is 6.83. The summed E-state index contributed by atoms with van der Waals surface area (Å²) in [7, 11) is 0. The lowest BCUT2D eigenvalue weighted by Gasteiger charge is -2.05. The molecule has 3 heterocycles. The van der Waals surface area contributed by atoms with Gasteiger partial charge in [-0.15, -0.1) is 11.3 Å². The molecule has 0 atom stereocenters. The van der Waals surface area contributed by atoms with Gasteiger partial charge in [0.05, 0.1) is 19.3 Å². The van der Waals surface area contributed by atoms with Gasteiger partial charge in [-0.2, -0.15) is 32.1 Å². The number of nitrogens with zero attached hydrogens (tertiary/aromatic N) is 4. The Labute approximate surface area is 215 Å². The number of hydrogen-bond acceptors (Lipinski definition) is 6. The Hall–Kier alpha value is -4.11. The van der Waals surface area contributed by atoms with Gasteiger partial charge in [-0.1, -0.05) is 30.3 Å². The monoisotopic (exact) mass is 556 g/mol. The lowest BCUT2D eigenvalue weighted by atomic mass is 10.2. The van der Waals surface area contributed by atoms with E-state index in [4.69, 9.17) is 15.6 Å². The lowest BCUT2D eigenvalue weighted by Crippen LogP contribution is -2.21. The molecule has 0 bridgehead atoms. The van der Waals surface area contributed by atoms with Crippen molar-refractivity contribution in [2.45, 2.75) is 25.7 Å². The number of benzene rings is 1. The molecule has 0 unspecified atom stereocenters. The molecule has 9 nitrogen and oxygen atoms in total. The van der Waals surface area contributed by atoms with Crippen molar-refractivity contribution in [3.8, 4) is 10.4 Å². The molecule has 38 heavy (non-hydrogen) atoms. The first-order valence-electron chi connectivity index (χ1n) is 10.8. The fourth-order valence-electron chi connectivity index (χ4n) is 3.18. The summed E-state index contributed by atoms with van der Waals surface area (Å²) in [4.78, 5) is 22.9. The van der Waals surface area contributed by atoms with Crippen LogP contribution in [0.15, 0.2) is 71.3 Å². The van der Waals surface area contributed by atoms with Crippen molar-refractivity contribution in [2.75, 3.05) is 6.54 Å². The largest absolute Gasteiger partial charge is 0.490 e. The van der Waals surface area contributed by atoms with E-state index >= 15 is 0 Å². The Morgan fingerprint density at radius 3 is 2.39 bits per heavy atom.